The molecule has 1 aromatic rings. The average molecular weight is 240 g/mol. The van der Waals surface area contributed by atoms with Gasteiger partial charge in [0, 0.05) is 21.6 Å². The highest BCUT2D eigenvalue weighted by molar-refractivity contribution is 9.10. The Morgan fingerprint density at radius 3 is 2.62 bits per heavy atom. The molecule has 68 valence electrons. The first-order valence-corrected chi connectivity index (χ1v) is 5.06. The van der Waals surface area contributed by atoms with Gasteiger partial charge in [-0.25, -0.2) is 0 Å². The quantitative estimate of drug-likeness (QED) is 0.637. The van der Waals surface area contributed by atoms with Crippen molar-refractivity contribution in [3.8, 4) is 0 Å². The van der Waals surface area contributed by atoms with E-state index >= 15 is 0 Å². The Hall–Kier alpha value is -0.830. The third kappa shape index (κ3) is 1.91. The van der Waals surface area contributed by atoms with Gasteiger partial charge < -0.3 is 5.73 Å². The van der Waals surface area contributed by atoms with Crippen molar-refractivity contribution in [3.05, 3.63) is 28.2 Å². The molecule has 0 amide bonds. The Balaban J connectivity index is 2.33. The summed E-state index contributed by atoms with van der Waals surface area (Å²) in [6.07, 6.45) is 2.07. The van der Waals surface area contributed by atoms with Crippen molar-refractivity contribution in [3.63, 3.8) is 0 Å². The molecule has 1 aromatic carbocycles. The van der Waals surface area contributed by atoms with Crippen molar-refractivity contribution in [2.75, 3.05) is 5.73 Å². The molecule has 1 fully saturated rings. The fraction of sp³-hybridized carbons (Fsp3) is 0.300. The standard InChI is InChI=1S/C10H10BrNO/c11-8-3-7(4-9(12)5-8)10(13)6-1-2-6/h3-6H,1-2,12H2. The summed E-state index contributed by atoms with van der Waals surface area (Å²) < 4.78 is 0.872. The van der Waals surface area contributed by atoms with Gasteiger partial charge in [0.1, 0.15) is 0 Å². The Kier molecular flexibility index (Phi) is 2.12. The van der Waals surface area contributed by atoms with Gasteiger partial charge in [-0.15, -0.1) is 0 Å². The average Bonchev–Trinajstić information content (AvgIpc) is 2.83. The van der Waals surface area contributed by atoms with E-state index in [4.69, 9.17) is 5.73 Å². The van der Waals surface area contributed by atoms with Crippen molar-refractivity contribution in [2.45, 2.75) is 12.8 Å². The number of Topliss-reactive ketones (excluding diaryl/α,β-unsaturated/α-hetero) is 1. The van der Waals surface area contributed by atoms with Crippen LogP contribution in [0.25, 0.3) is 0 Å². The van der Waals surface area contributed by atoms with E-state index in [1.54, 1.807) is 12.1 Å². The van der Waals surface area contributed by atoms with Crippen LogP contribution in [0.1, 0.15) is 23.2 Å². The maximum absolute atomic E-state index is 11.6. The number of rotatable bonds is 2. The van der Waals surface area contributed by atoms with Crippen LogP contribution >= 0.6 is 15.9 Å². The van der Waals surface area contributed by atoms with Crippen molar-refractivity contribution in [1.82, 2.24) is 0 Å². The van der Waals surface area contributed by atoms with Crippen LogP contribution in [0.4, 0.5) is 5.69 Å². The van der Waals surface area contributed by atoms with Crippen molar-refractivity contribution in [2.24, 2.45) is 5.92 Å². The molecule has 0 heterocycles. The summed E-state index contributed by atoms with van der Waals surface area (Å²) >= 11 is 3.32. The van der Waals surface area contributed by atoms with Gasteiger partial charge in [0.15, 0.2) is 5.78 Å². The number of carbonyl (C=O) groups is 1. The molecule has 0 aromatic heterocycles. The van der Waals surface area contributed by atoms with E-state index in [0.29, 0.717) is 5.69 Å². The lowest BCUT2D eigenvalue weighted by molar-refractivity contribution is 0.0967. The van der Waals surface area contributed by atoms with E-state index < -0.39 is 0 Å². The summed E-state index contributed by atoms with van der Waals surface area (Å²) in [7, 11) is 0. The third-order valence-electron chi connectivity index (χ3n) is 2.15. The van der Waals surface area contributed by atoms with Crippen LogP contribution in [0, 0.1) is 5.92 Å². The predicted octanol–water partition coefficient (Wildman–Crippen LogP) is 2.62. The molecular weight excluding hydrogens is 230 g/mol. The van der Waals surface area contributed by atoms with Crippen LogP contribution < -0.4 is 5.73 Å². The van der Waals surface area contributed by atoms with Gasteiger partial charge in [-0.3, -0.25) is 4.79 Å². The molecule has 0 saturated heterocycles. The highest BCUT2D eigenvalue weighted by atomic mass is 79.9. The van der Waals surface area contributed by atoms with Crippen LogP contribution in [0.3, 0.4) is 0 Å². The number of ketones is 1. The summed E-state index contributed by atoms with van der Waals surface area (Å²) in [6, 6.07) is 5.37. The zero-order valence-corrected chi connectivity index (χ0v) is 8.67. The third-order valence-corrected chi connectivity index (χ3v) is 2.61. The molecule has 0 atom stereocenters. The minimum Gasteiger partial charge on any atom is -0.399 e. The Morgan fingerprint density at radius 2 is 2.08 bits per heavy atom. The number of nitrogens with two attached hydrogens (primary N) is 1. The van der Waals surface area contributed by atoms with E-state index in [2.05, 4.69) is 15.9 Å². The number of hydrogen-bond acceptors (Lipinski definition) is 2. The van der Waals surface area contributed by atoms with Crippen LogP contribution in [-0.2, 0) is 0 Å². The smallest absolute Gasteiger partial charge is 0.166 e. The molecular formula is C10H10BrNO. The molecule has 1 aliphatic rings. The van der Waals surface area contributed by atoms with Crippen molar-refractivity contribution in [1.29, 1.82) is 0 Å². The van der Waals surface area contributed by atoms with Crippen molar-refractivity contribution >= 4 is 27.4 Å². The molecule has 2 N–H and O–H groups in total. The van der Waals surface area contributed by atoms with E-state index in [0.717, 1.165) is 22.9 Å². The summed E-state index contributed by atoms with van der Waals surface area (Å²) in [5.74, 6) is 0.488. The maximum atomic E-state index is 11.6. The molecule has 13 heavy (non-hydrogen) atoms. The summed E-state index contributed by atoms with van der Waals surface area (Å²) in [4.78, 5) is 11.6. The van der Waals surface area contributed by atoms with Gasteiger partial charge in [-0.05, 0) is 31.0 Å². The molecule has 0 aliphatic heterocycles. The lowest BCUT2D eigenvalue weighted by Gasteiger charge is -2.01. The molecule has 0 bridgehead atoms. The summed E-state index contributed by atoms with van der Waals surface area (Å²) in [5.41, 5.74) is 7.00. The zero-order valence-electron chi connectivity index (χ0n) is 7.09. The first-order valence-electron chi connectivity index (χ1n) is 4.27. The molecule has 3 heteroatoms. The predicted molar refractivity (Wildman–Crippen MR) is 55.6 cm³/mol. The topological polar surface area (TPSA) is 43.1 Å². The monoisotopic (exact) mass is 239 g/mol. The number of nitrogen functional groups attached to an aromatic ring is 1. The Bertz CT molecular complexity index is 338. The van der Waals surface area contributed by atoms with Gasteiger partial charge in [-0.1, -0.05) is 15.9 Å². The highest BCUT2D eigenvalue weighted by Gasteiger charge is 2.30. The van der Waals surface area contributed by atoms with Gasteiger partial charge in [-0.2, -0.15) is 0 Å². The lowest BCUT2D eigenvalue weighted by atomic mass is 10.1. The van der Waals surface area contributed by atoms with Crippen LogP contribution in [-0.4, -0.2) is 5.78 Å². The Labute approximate surface area is 85.3 Å². The lowest BCUT2D eigenvalue weighted by Crippen LogP contribution is -2.02. The fourth-order valence-electron chi connectivity index (χ4n) is 1.34. The first-order chi connectivity index (χ1) is 6.16. The molecule has 0 radical (unpaired) electrons. The van der Waals surface area contributed by atoms with E-state index in [1.165, 1.54) is 0 Å². The van der Waals surface area contributed by atoms with Gasteiger partial charge in [0.2, 0.25) is 0 Å². The maximum Gasteiger partial charge on any atom is 0.166 e. The van der Waals surface area contributed by atoms with Crippen LogP contribution in [0.2, 0.25) is 0 Å². The second-order valence-corrected chi connectivity index (χ2v) is 4.33. The minimum absolute atomic E-state index is 0.230. The van der Waals surface area contributed by atoms with Crippen molar-refractivity contribution < 1.29 is 4.79 Å². The van der Waals surface area contributed by atoms with E-state index in [1.807, 2.05) is 6.07 Å². The molecule has 1 aliphatic carbocycles. The number of carbonyl (C=O) groups excluding carboxylic acids is 1. The molecule has 2 nitrogen and oxygen atoms in total. The molecule has 2 rings (SSSR count). The summed E-state index contributed by atoms with van der Waals surface area (Å²) in [5, 5.41) is 0. The molecule has 1 saturated carbocycles. The fourth-order valence-corrected chi connectivity index (χ4v) is 1.85. The molecule has 0 spiro atoms. The number of benzene rings is 1. The van der Waals surface area contributed by atoms with E-state index in [-0.39, 0.29) is 11.7 Å². The van der Waals surface area contributed by atoms with E-state index in [9.17, 15) is 4.79 Å². The van der Waals surface area contributed by atoms with Gasteiger partial charge in [0.05, 0.1) is 0 Å². The number of hydrogen-bond donors (Lipinski definition) is 1. The number of anilines is 1. The second-order valence-electron chi connectivity index (χ2n) is 3.41. The van der Waals surface area contributed by atoms with Crippen LogP contribution in [0.15, 0.2) is 22.7 Å². The summed E-state index contributed by atoms with van der Waals surface area (Å²) in [6.45, 7) is 0. The first kappa shape index (κ1) is 8.75. The molecule has 0 unspecified atom stereocenters. The SMILES string of the molecule is Nc1cc(Br)cc(C(=O)C2CC2)c1. The number of halogens is 1. The normalized spacial score (nSPS) is 15.8. The Morgan fingerprint density at radius 1 is 1.38 bits per heavy atom. The zero-order chi connectivity index (χ0) is 9.42. The minimum atomic E-state index is 0.230. The van der Waals surface area contributed by atoms with Gasteiger partial charge in [0.25, 0.3) is 0 Å². The largest absolute Gasteiger partial charge is 0.399 e. The second kappa shape index (κ2) is 3.14. The van der Waals surface area contributed by atoms with Gasteiger partial charge >= 0.3 is 0 Å². The van der Waals surface area contributed by atoms with Crippen LogP contribution in [0.5, 0.6) is 0 Å². The highest BCUT2D eigenvalue weighted by Crippen LogP contribution is 2.33.